The zero-order valence-corrected chi connectivity index (χ0v) is 9.81. The van der Waals surface area contributed by atoms with E-state index in [9.17, 15) is 4.79 Å². The van der Waals surface area contributed by atoms with Crippen LogP contribution in [0.2, 0.25) is 0 Å². The van der Waals surface area contributed by atoms with Crippen LogP contribution in [0.1, 0.15) is 43.1 Å². The minimum Gasteiger partial charge on any atom is -0.382 e. The van der Waals surface area contributed by atoms with Crippen molar-refractivity contribution in [1.82, 2.24) is 14.7 Å². The van der Waals surface area contributed by atoms with E-state index in [2.05, 4.69) is 5.10 Å². The van der Waals surface area contributed by atoms with E-state index in [-0.39, 0.29) is 11.9 Å². The molecule has 2 heterocycles. The number of rotatable bonds is 2. The summed E-state index contributed by atoms with van der Waals surface area (Å²) in [5, 5.41) is 4.15. The van der Waals surface area contributed by atoms with Crippen molar-refractivity contribution in [3.63, 3.8) is 0 Å². The molecule has 5 heteroatoms. The Morgan fingerprint density at radius 2 is 2.06 bits per heavy atom. The van der Waals surface area contributed by atoms with Gasteiger partial charge in [-0.15, -0.1) is 0 Å². The predicted octanol–water partition coefficient (Wildman–Crippen LogP) is 1.28. The van der Waals surface area contributed by atoms with Gasteiger partial charge in [-0.1, -0.05) is 0 Å². The molecular weight excluding hydrogens is 204 g/mol. The molecule has 88 valence electrons. The van der Waals surface area contributed by atoms with Gasteiger partial charge >= 0.3 is 0 Å². The van der Waals surface area contributed by atoms with Gasteiger partial charge in [0.05, 0.1) is 0 Å². The van der Waals surface area contributed by atoms with Crippen molar-refractivity contribution in [2.24, 2.45) is 0 Å². The number of amides is 1. The standard InChI is InChI=1S/C11H18N4O/c1-8(2)15-7-9(10(12)13-15)11(16)14-5-3-4-6-14/h7-8H,3-6H2,1-2H3,(H2,12,13). The molecule has 2 rings (SSSR count). The number of aromatic nitrogens is 2. The average molecular weight is 222 g/mol. The molecule has 1 aromatic heterocycles. The molecule has 0 atom stereocenters. The van der Waals surface area contributed by atoms with Gasteiger partial charge in [0.15, 0.2) is 5.82 Å². The molecule has 5 nitrogen and oxygen atoms in total. The maximum atomic E-state index is 12.1. The summed E-state index contributed by atoms with van der Waals surface area (Å²) in [5.74, 6) is 0.354. The lowest BCUT2D eigenvalue weighted by Crippen LogP contribution is -2.27. The van der Waals surface area contributed by atoms with Gasteiger partial charge in [-0.2, -0.15) is 5.10 Å². The Kier molecular flexibility index (Phi) is 2.85. The van der Waals surface area contributed by atoms with Crippen LogP contribution in [0.15, 0.2) is 6.20 Å². The van der Waals surface area contributed by atoms with Gasteiger partial charge < -0.3 is 10.6 Å². The summed E-state index contributed by atoms with van der Waals surface area (Å²) >= 11 is 0. The van der Waals surface area contributed by atoms with Gasteiger partial charge in [0.2, 0.25) is 0 Å². The first-order valence-electron chi connectivity index (χ1n) is 5.73. The first-order chi connectivity index (χ1) is 7.59. The van der Waals surface area contributed by atoms with Gasteiger partial charge in [-0.25, -0.2) is 0 Å². The van der Waals surface area contributed by atoms with E-state index in [1.54, 1.807) is 10.9 Å². The number of carbonyl (C=O) groups excluding carboxylic acids is 1. The van der Waals surface area contributed by atoms with Crippen LogP contribution < -0.4 is 5.73 Å². The third-order valence-corrected chi connectivity index (χ3v) is 2.91. The lowest BCUT2D eigenvalue weighted by atomic mass is 10.3. The summed E-state index contributed by atoms with van der Waals surface area (Å²) in [7, 11) is 0. The molecular formula is C11H18N4O. The fourth-order valence-electron chi connectivity index (χ4n) is 1.93. The minimum absolute atomic E-state index is 0.0156. The first-order valence-corrected chi connectivity index (χ1v) is 5.73. The highest BCUT2D eigenvalue weighted by Crippen LogP contribution is 2.18. The van der Waals surface area contributed by atoms with Gasteiger partial charge in [-0.05, 0) is 26.7 Å². The molecule has 1 aliphatic heterocycles. The quantitative estimate of drug-likeness (QED) is 0.819. The average Bonchev–Trinajstić information content (AvgIpc) is 2.84. The molecule has 2 N–H and O–H groups in total. The van der Waals surface area contributed by atoms with Crippen LogP contribution in [-0.2, 0) is 0 Å². The van der Waals surface area contributed by atoms with E-state index in [0.29, 0.717) is 11.4 Å². The lowest BCUT2D eigenvalue weighted by Gasteiger charge is -2.13. The second kappa shape index (κ2) is 4.15. The predicted molar refractivity (Wildman–Crippen MR) is 62.2 cm³/mol. The highest BCUT2D eigenvalue weighted by atomic mass is 16.2. The van der Waals surface area contributed by atoms with Crippen molar-refractivity contribution < 1.29 is 4.79 Å². The zero-order valence-electron chi connectivity index (χ0n) is 9.81. The van der Waals surface area contributed by atoms with E-state index >= 15 is 0 Å². The molecule has 0 bridgehead atoms. The molecule has 0 saturated carbocycles. The van der Waals surface area contributed by atoms with E-state index in [1.165, 1.54) is 0 Å². The molecule has 16 heavy (non-hydrogen) atoms. The van der Waals surface area contributed by atoms with Gasteiger partial charge in [-0.3, -0.25) is 9.48 Å². The molecule has 0 radical (unpaired) electrons. The molecule has 1 saturated heterocycles. The molecule has 0 aromatic carbocycles. The van der Waals surface area contributed by atoms with Crippen LogP contribution in [-0.4, -0.2) is 33.7 Å². The van der Waals surface area contributed by atoms with Crippen LogP contribution in [0.5, 0.6) is 0 Å². The van der Waals surface area contributed by atoms with Crippen molar-refractivity contribution in [3.8, 4) is 0 Å². The maximum absolute atomic E-state index is 12.1. The Hall–Kier alpha value is -1.52. The molecule has 1 amide bonds. The number of likely N-dealkylation sites (tertiary alicyclic amines) is 1. The molecule has 1 aromatic rings. The number of nitrogen functional groups attached to an aromatic ring is 1. The zero-order chi connectivity index (χ0) is 11.7. The van der Waals surface area contributed by atoms with Crippen LogP contribution in [0.25, 0.3) is 0 Å². The second-order valence-corrected chi connectivity index (χ2v) is 4.50. The van der Waals surface area contributed by atoms with Crippen molar-refractivity contribution in [2.75, 3.05) is 18.8 Å². The number of carbonyl (C=O) groups is 1. The highest BCUT2D eigenvalue weighted by Gasteiger charge is 2.23. The monoisotopic (exact) mass is 222 g/mol. The summed E-state index contributed by atoms with van der Waals surface area (Å²) in [6.07, 6.45) is 3.93. The highest BCUT2D eigenvalue weighted by molar-refractivity contribution is 5.98. The van der Waals surface area contributed by atoms with Crippen LogP contribution in [0.4, 0.5) is 5.82 Å². The number of hydrogen-bond donors (Lipinski definition) is 1. The van der Waals surface area contributed by atoms with E-state index in [1.807, 2.05) is 18.7 Å². The molecule has 0 aliphatic carbocycles. The first kappa shape index (κ1) is 11.0. The number of hydrogen-bond acceptors (Lipinski definition) is 3. The largest absolute Gasteiger partial charge is 0.382 e. The number of nitrogens with two attached hydrogens (primary N) is 1. The van der Waals surface area contributed by atoms with Crippen LogP contribution >= 0.6 is 0 Å². The van der Waals surface area contributed by atoms with Crippen LogP contribution in [0, 0.1) is 0 Å². The summed E-state index contributed by atoms with van der Waals surface area (Å²) in [6.45, 7) is 5.70. The van der Waals surface area contributed by atoms with E-state index < -0.39 is 0 Å². The number of anilines is 1. The normalized spacial score (nSPS) is 16.1. The third-order valence-electron chi connectivity index (χ3n) is 2.91. The molecule has 0 unspecified atom stereocenters. The Bertz CT molecular complexity index is 391. The lowest BCUT2D eigenvalue weighted by molar-refractivity contribution is 0.0793. The second-order valence-electron chi connectivity index (χ2n) is 4.50. The SMILES string of the molecule is CC(C)n1cc(C(=O)N2CCCC2)c(N)n1. The smallest absolute Gasteiger partial charge is 0.259 e. The topological polar surface area (TPSA) is 64.2 Å². The Morgan fingerprint density at radius 3 is 2.56 bits per heavy atom. The third kappa shape index (κ3) is 1.89. The van der Waals surface area contributed by atoms with Crippen LogP contribution in [0.3, 0.4) is 0 Å². The fourth-order valence-corrected chi connectivity index (χ4v) is 1.93. The Morgan fingerprint density at radius 1 is 1.44 bits per heavy atom. The van der Waals surface area contributed by atoms with Crippen molar-refractivity contribution >= 4 is 11.7 Å². The summed E-state index contributed by atoms with van der Waals surface area (Å²) in [5.41, 5.74) is 6.31. The summed E-state index contributed by atoms with van der Waals surface area (Å²) in [6, 6.07) is 0.224. The van der Waals surface area contributed by atoms with Gasteiger partial charge in [0.1, 0.15) is 5.56 Å². The molecule has 0 spiro atoms. The minimum atomic E-state index is 0.0156. The van der Waals surface area contributed by atoms with Crippen molar-refractivity contribution in [1.29, 1.82) is 0 Å². The maximum Gasteiger partial charge on any atom is 0.259 e. The van der Waals surface area contributed by atoms with Crippen molar-refractivity contribution in [2.45, 2.75) is 32.7 Å². The molecule has 1 fully saturated rings. The summed E-state index contributed by atoms with van der Waals surface area (Å²) in [4.78, 5) is 13.9. The number of nitrogens with zero attached hydrogens (tertiary/aromatic N) is 3. The summed E-state index contributed by atoms with van der Waals surface area (Å²) < 4.78 is 1.73. The molecule has 1 aliphatic rings. The Balaban J connectivity index is 2.22. The fraction of sp³-hybridized carbons (Fsp3) is 0.636. The van der Waals surface area contributed by atoms with E-state index in [0.717, 1.165) is 25.9 Å². The van der Waals surface area contributed by atoms with Gasteiger partial charge in [0.25, 0.3) is 5.91 Å². The van der Waals surface area contributed by atoms with E-state index in [4.69, 9.17) is 5.73 Å². The Labute approximate surface area is 95.2 Å². The van der Waals surface area contributed by atoms with Gasteiger partial charge in [0, 0.05) is 25.3 Å². The van der Waals surface area contributed by atoms with Crippen molar-refractivity contribution in [3.05, 3.63) is 11.8 Å².